The average molecular weight is 239 g/mol. The topological polar surface area (TPSA) is 21.3 Å². The number of ether oxygens (including phenoxy) is 1. The normalized spacial score (nSPS) is 27.7. The average Bonchev–Trinajstić information content (AvgIpc) is 2.75. The maximum absolute atomic E-state index is 5.97. The van der Waals surface area contributed by atoms with Gasteiger partial charge in [0.25, 0.3) is 0 Å². The third kappa shape index (κ3) is 2.31. The molecule has 0 spiro atoms. The Labute approximate surface area is 102 Å². The van der Waals surface area contributed by atoms with Gasteiger partial charge in [0.15, 0.2) is 0 Å². The lowest BCUT2D eigenvalue weighted by molar-refractivity contribution is -0.114. The largest absolute Gasteiger partial charge is 0.377 e. The fraction of sp³-hybridized carbons (Fsp3) is 0.692. The van der Waals surface area contributed by atoms with Crippen LogP contribution in [0.1, 0.15) is 25.1 Å². The Morgan fingerprint density at radius 1 is 1.56 bits per heavy atom. The van der Waals surface area contributed by atoms with Crippen molar-refractivity contribution < 1.29 is 4.74 Å². The monoisotopic (exact) mass is 239 g/mol. The van der Waals surface area contributed by atoms with Gasteiger partial charge in [0.05, 0.1) is 12.7 Å². The molecule has 1 aliphatic rings. The van der Waals surface area contributed by atoms with Crippen molar-refractivity contribution in [3.63, 3.8) is 0 Å². The van der Waals surface area contributed by atoms with E-state index in [4.69, 9.17) is 4.74 Å². The maximum Gasteiger partial charge on any atom is 0.0656 e. The van der Waals surface area contributed by atoms with Crippen LogP contribution in [-0.4, -0.2) is 25.8 Å². The van der Waals surface area contributed by atoms with Crippen molar-refractivity contribution >= 4 is 11.3 Å². The molecule has 0 amide bonds. The maximum atomic E-state index is 5.97. The van der Waals surface area contributed by atoms with Gasteiger partial charge in [-0.25, -0.2) is 0 Å². The van der Waals surface area contributed by atoms with Crippen molar-refractivity contribution in [3.05, 3.63) is 22.4 Å². The van der Waals surface area contributed by atoms with E-state index in [-0.39, 0.29) is 5.41 Å². The molecule has 1 fully saturated rings. The highest BCUT2D eigenvalue weighted by Gasteiger charge is 2.47. The van der Waals surface area contributed by atoms with Crippen molar-refractivity contribution in [2.45, 2.75) is 38.8 Å². The Hall–Kier alpha value is -0.380. The number of nitrogens with one attached hydrogen (secondary N) is 1. The predicted octanol–water partition coefficient (Wildman–Crippen LogP) is 2.69. The summed E-state index contributed by atoms with van der Waals surface area (Å²) in [6.45, 7) is 5.42. The molecule has 0 radical (unpaired) electrons. The summed E-state index contributed by atoms with van der Waals surface area (Å²) in [6.07, 6.45) is 2.62. The minimum atomic E-state index is 0.282. The minimum absolute atomic E-state index is 0.282. The molecule has 1 aromatic rings. The molecule has 2 atom stereocenters. The van der Waals surface area contributed by atoms with E-state index in [1.807, 2.05) is 18.4 Å². The first kappa shape index (κ1) is 12.1. The molecular weight excluding hydrogens is 218 g/mol. The molecule has 1 heterocycles. The summed E-state index contributed by atoms with van der Waals surface area (Å²) in [5.41, 5.74) is 0.282. The van der Waals surface area contributed by atoms with Gasteiger partial charge in [-0.05, 0) is 24.9 Å². The SMILES string of the molecule is CNC1CC(OCCc2cccs2)C1(C)C. The van der Waals surface area contributed by atoms with Crippen LogP contribution in [0.15, 0.2) is 17.5 Å². The Morgan fingerprint density at radius 2 is 2.38 bits per heavy atom. The lowest BCUT2D eigenvalue weighted by Gasteiger charge is -2.51. The predicted molar refractivity (Wildman–Crippen MR) is 69.0 cm³/mol. The molecule has 1 aromatic heterocycles. The second kappa shape index (κ2) is 4.86. The van der Waals surface area contributed by atoms with Crippen molar-refractivity contribution in [2.75, 3.05) is 13.7 Å². The van der Waals surface area contributed by atoms with Crippen molar-refractivity contribution in [1.29, 1.82) is 0 Å². The summed E-state index contributed by atoms with van der Waals surface area (Å²) in [5.74, 6) is 0. The molecule has 16 heavy (non-hydrogen) atoms. The molecule has 0 saturated heterocycles. The van der Waals surface area contributed by atoms with E-state index >= 15 is 0 Å². The molecule has 0 aromatic carbocycles. The van der Waals surface area contributed by atoms with E-state index in [9.17, 15) is 0 Å². The van der Waals surface area contributed by atoms with Gasteiger partial charge in [-0.15, -0.1) is 11.3 Å². The van der Waals surface area contributed by atoms with E-state index < -0.39 is 0 Å². The third-order valence-electron chi connectivity index (χ3n) is 3.77. The van der Waals surface area contributed by atoms with E-state index in [1.54, 1.807) is 0 Å². The second-order valence-corrected chi connectivity index (χ2v) is 6.12. The van der Waals surface area contributed by atoms with E-state index in [0.717, 1.165) is 19.4 Å². The first-order valence-corrected chi connectivity index (χ1v) is 6.84. The molecule has 0 bridgehead atoms. The third-order valence-corrected chi connectivity index (χ3v) is 4.71. The molecule has 90 valence electrons. The Kier molecular flexibility index (Phi) is 3.67. The molecule has 1 N–H and O–H groups in total. The number of thiophene rings is 1. The molecule has 0 aliphatic heterocycles. The van der Waals surface area contributed by atoms with Crippen LogP contribution in [0, 0.1) is 5.41 Å². The minimum Gasteiger partial charge on any atom is -0.377 e. The van der Waals surface area contributed by atoms with Gasteiger partial charge in [0.1, 0.15) is 0 Å². The summed E-state index contributed by atoms with van der Waals surface area (Å²) in [6, 6.07) is 4.89. The van der Waals surface area contributed by atoms with Gasteiger partial charge in [-0.2, -0.15) is 0 Å². The summed E-state index contributed by atoms with van der Waals surface area (Å²) in [5, 5.41) is 5.47. The van der Waals surface area contributed by atoms with Crippen LogP contribution in [0.25, 0.3) is 0 Å². The Bertz CT molecular complexity index is 321. The van der Waals surface area contributed by atoms with Crippen LogP contribution in [0.5, 0.6) is 0 Å². The molecule has 1 aliphatic carbocycles. The highest BCUT2D eigenvalue weighted by Crippen LogP contribution is 2.42. The fourth-order valence-electron chi connectivity index (χ4n) is 2.41. The van der Waals surface area contributed by atoms with Crippen LogP contribution < -0.4 is 5.32 Å². The van der Waals surface area contributed by atoms with Crippen LogP contribution in [-0.2, 0) is 11.2 Å². The van der Waals surface area contributed by atoms with Gasteiger partial charge in [0.2, 0.25) is 0 Å². The highest BCUT2D eigenvalue weighted by atomic mass is 32.1. The van der Waals surface area contributed by atoms with Gasteiger partial charge < -0.3 is 10.1 Å². The number of hydrogen-bond acceptors (Lipinski definition) is 3. The van der Waals surface area contributed by atoms with Gasteiger partial charge in [-0.1, -0.05) is 19.9 Å². The molecule has 3 heteroatoms. The van der Waals surface area contributed by atoms with Crippen molar-refractivity contribution in [3.8, 4) is 0 Å². The van der Waals surface area contributed by atoms with Crippen molar-refractivity contribution in [1.82, 2.24) is 5.32 Å². The zero-order valence-corrected chi connectivity index (χ0v) is 11.1. The Balaban J connectivity index is 1.72. The van der Waals surface area contributed by atoms with Gasteiger partial charge in [-0.3, -0.25) is 0 Å². The lowest BCUT2D eigenvalue weighted by Crippen LogP contribution is -2.60. The molecule has 2 nitrogen and oxygen atoms in total. The highest BCUT2D eigenvalue weighted by molar-refractivity contribution is 7.09. The first-order chi connectivity index (χ1) is 7.64. The van der Waals surface area contributed by atoms with E-state index in [2.05, 4.69) is 36.7 Å². The van der Waals surface area contributed by atoms with Gasteiger partial charge in [0, 0.05) is 22.8 Å². The summed E-state index contributed by atoms with van der Waals surface area (Å²) < 4.78 is 5.97. The first-order valence-electron chi connectivity index (χ1n) is 5.96. The summed E-state index contributed by atoms with van der Waals surface area (Å²) in [4.78, 5) is 1.42. The quantitative estimate of drug-likeness (QED) is 0.853. The standard InChI is InChI=1S/C13H21NOS/c1-13(2)11(14-3)9-12(13)15-7-6-10-5-4-8-16-10/h4-5,8,11-12,14H,6-7,9H2,1-3H3. The van der Waals surface area contributed by atoms with Crippen LogP contribution in [0.4, 0.5) is 0 Å². The molecule has 2 unspecified atom stereocenters. The van der Waals surface area contributed by atoms with Crippen LogP contribution in [0.2, 0.25) is 0 Å². The molecule has 2 rings (SSSR count). The van der Waals surface area contributed by atoms with Gasteiger partial charge >= 0.3 is 0 Å². The fourth-order valence-corrected chi connectivity index (χ4v) is 3.10. The summed E-state index contributed by atoms with van der Waals surface area (Å²) >= 11 is 1.81. The lowest BCUT2D eigenvalue weighted by atomic mass is 9.64. The van der Waals surface area contributed by atoms with E-state index in [0.29, 0.717) is 12.1 Å². The zero-order valence-electron chi connectivity index (χ0n) is 10.3. The number of rotatable bonds is 5. The summed E-state index contributed by atoms with van der Waals surface area (Å²) in [7, 11) is 2.04. The van der Waals surface area contributed by atoms with E-state index in [1.165, 1.54) is 4.88 Å². The second-order valence-electron chi connectivity index (χ2n) is 5.09. The van der Waals surface area contributed by atoms with Crippen LogP contribution >= 0.6 is 11.3 Å². The number of hydrogen-bond donors (Lipinski definition) is 1. The van der Waals surface area contributed by atoms with Crippen LogP contribution in [0.3, 0.4) is 0 Å². The molecular formula is C13H21NOS. The zero-order chi connectivity index (χ0) is 11.6. The molecule has 1 saturated carbocycles. The smallest absolute Gasteiger partial charge is 0.0656 e. The Morgan fingerprint density at radius 3 is 2.94 bits per heavy atom. The van der Waals surface area contributed by atoms with Crippen molar-refractivity contribution in [2.24, 2.45) is 5.41 Å².